The first-order chi connectivity index (χ1) is 14.7. The van der Waals surface area contributed by atoms with Crippen LogP contribution in [0, 0.1) is 6.92 Å². The summed E-state index contributed by atoms with van der Waals surface area (Å²) in [4.78, 5) is 15.9. The first-order valence-electron chi connectivity index (χ1n) is 9.51. The lowest BCUT2D eigenvalue weighted by atomic mass is 10.1. The van der Waals surface area contributed by atoms with Crippen LogP contribution in [0.3, 0.4) is 0 Å². The number of halogens is 4. The number of rotatable bonds is 5. The molecule has 0 radical (unpaired) electrons. The van der Waals surface area contributed by atoms with Crippen LogP contribution in [-0.2, 0) is 12.6 Å². The molecule has 0 fully saturated rings. The molecule has 1 amide bonds. The molecule has 2 aromatic carbocycles. The summed E-state index contributed by atoms with van der Waals surface area (Å²) >= 11 is 6.12. The Kier molecular flexibility index (Phi) is 5.49. The van der Waals surface area contributed by atoms with Crippen LogP contribution in [-0.4, -0.2) is 27.2 Å². The number of amides is 1. The number of fused-ring (bicyclic) bond motifs is 1. The van der Waals surface area contributed by atoms with Crippen molar-refractivity contribution in [3.8, 4) is 5.69 Å². The summed E-state index contributed by atoms with van der Waals surface area (Å²) in [6.45, 7) is 2.24. The summed E-state index contributed by atoms with van der Waals surface area (Å²) in [5.41, 5.74) is 1.89. The van der Waals surface area contributed by atoms with Gasteiger partial charge in [-0.1, -0.05) is 35.4 Å². The first kappa shape index (κ1) is 21.0. The van der Waals surface area contributed by atoms with Crippen LogP contribution in [0.15, 0.2) is 54.7 Å². The Balaban J connectivity index is 1.57. The van der Waals surface area contributed by atoms with Crippen molar-refractivity contribution >= 4 is 28.4 Å². The van der Waals surface area contributed by atoms with Crippen molar-refractivity contribution < 1.29 is 18.0 Å². The molecule has 0 unspecified atom stereocenters. The SMILES string of the molecule is Cc1ccc2[nH]cc(CCNC(=O)c3cc(C(F)(F)F)nn3-c3ccccc3Cl)c2c1. The highest BCUT2D eigenvalue weighted by atomic mass is 35.5. The number of benzene rings is 2. The van der Waals surface area contributed by atoms with Gasteiger partial charge in [-0.25, -0.2) is 4.68 Å². The third-order valence-corrected chi connectivity index (χ3v) is 5.24. The molecular weight excluding hydrogens is 429 g/mol. The fourth-order valence-electron chi connectivity index (χ4n) is 3.39. The van der Waals surface area contributed by atoms with Gasteiger partial charge in [0, 0.05) is 29.7 Å². The molecule has 4 rings (SSSR count). The summed E-state index contributed by atoms with van der Waals surface area (Å²) in [6, 6.07) is 13.0. The lowest BCUT2D eigenvalue weighted by Gasteiger charge is -2.09. The maximum absolute atomic E-state index is 13.2. The zero-order valence-electron chi connectivity index (χ0n) is 16.4. The van der Waals surface area contributed by atoms with Crippen LogP contribution in [0.5, 0.6) is 0 Å². The molecule has 4 aromatic rings. The highest BCUT2D eigenvalue weighted by molar-refractivity contribution is 6.32. The van der Waals surface area contributed by atoms with Crippen LogP contribution < -0.4 is 5.32 Å². The van der Waals surface area contributed by atoms with E-state index in [0.29, 0.717) is 6.42 Å². The van der Waals surface area contributed by atoms with Crippen LogP contribution in [0.2, 0.25) is 5.02 Å². The van der Waals surface area contributed by atoms with Crippen LogP contribution in [0.4, 0.5) is 13.2 Å². The van der Waals surface area contributed by atoms with E-state index in [1.807, 2.05) is 31.3 Å². The number of hydrogen-bond acceptors (Lipinski definition) is 2. The second kappa shape index (κ2) is 8.11. The van der Waals surface area contributed by atoms with Gasteiger partial charge in [0.2, 0.25) is 0 Å². The highest BCUT2D eigenvalue weighted by Crippen LogP contribution is 2.31. The van der Waals surface area contributed by atoms with Gasteiger partial charge in [0.1, 0.15) is 5.69 Å². The lowest BCUT2D eigenvalue weighted by Crippen LogP contribution is -2.27. The van der Waals surface area contributed by atoms with Crippen molar-refractivity contribution in [1.82, 2.24) is 20.1 Å². The van der Waals surface area contributed by atoms with Crippen LogP contribution in [0.1, 0.15) is 27.3 Å². The Labute approximate surface area is 180 Å². The van der Waals surface area contributed by atoms with E-state index in [9.17, 15) is 18.0 Å². The molecule has 0 saturated heterocycles. The number of para-hydroxylation sites is 1. The molecule has 0 spiro atoms. The molecule has 0 aliphatic carbocycles. The van der Waals surface area contributed by atoms with E-state index in [1.54, 1.807) is 12.1 Å². The van der Waals surface area contributed by atoms with Gasteiger partial charge in [0.05, 0.1) is 10.7 Å². The van der Waals surface area contributed by atoms with E-state index in [-0.39, 0.29) is 22.9 Å². The Morgan fingerprint density at radius 1 is 1.19 bits per heavy atom. The number of nitrogens with one attached hydrogen (secondary N) is 2. The normalized spacial score (nSPS) is 11.8. The second-order valence-electron chi connectivity index (χ2n) is 7.14. The average molecular weight is 447 g/mol. The Morgan fingerprint density at radius 2 is 1.97 bits per heavy atom. The molecule has 0 saturated carbocycles. The van der Waals surface area contributed by atoms with E-state index >= 15 is 0 Å². The molecule has 5 nitrogen and oxygen atoms in total. The Hall–Kier alpha value is -3.26. The maximum atomic E-state index is 13.2. The van der Waals surface area contributed by atoms with Gasteiger partial charge in [0.25, 0.3) is 5.91 Å². The molecule has 0 bridgehead atoms. The predicted molar refractivity (Wildman–Crippen MR) is 113 cm³/mol. The monoisotopic (exact) mass is 446 g/mol. The molecule has 2 N–H and O–H groups in total. The number of aryl methyl sites for hydroxylation is 1. The summed E-state index contributed by atoms with van der Waals surface area (Å²) in [7, 11) is 0. The smallest absolute Gasteiger partial charge is 0.361 e. The molecule has 2 heterocycles. The standard InChI is InChI=1S/C22H18ClF3N4O/c1-13-6-7-17-15(10-13)14(12-28-17)8-9-27-21(31)19-11-20(22(24,25)26)29-30(19)18-5-3-2-4-16(18)23/h2-7,10-12,28H,8-9H2,1H3,(H,27,31). The van der Waals surface area contributed by atoms with E-state index in [1.165, 1.54) is 12.1 Å². The van der Waals surface area contributed by atoms with Gasteiger partial charge < -0.3 is 10.3 Å². The van der Waals surface area contributed by atoms with E-state index in [2.05, 4.69) is 15.4 Å². The summed E-state index contributed by atoms with van der Waals surface area (Å²) < 4.78 is 40.6. The minimum Gasteiger partial charge on any atom is -0.361 e. The van der Waals surface area contributed by atoms with Crippen LogP contribution in [0.25, 0.3) is 16.6 Å². The zero-order valence-corrected chi connectivity index (χ0v) is 17.2. The van der Waals surface area contributed by atoms with Gasteiger partial charge in [-0.3, -0.25) is 4.79 Å². The molecule has 2 aromatic heterocycles. The van der Waals surface area contributed by atoms with Gasteiger partial charge in [-0.15, -0.1) is 0 Å². The third kappa shape index (κ3) is 4.29. The number of nitrogens with zero attached hydrogens (tertiary/aromatic N) is 2. The average Bonchev–Trinajstić information content (AvgIpc) is 3.33. The van der Waals surface area contributed by atoms with E-state index in [4.69, 9.17) is 11.6 Å². The number of carbonyl (C=O) groups excluding carboxylic acids is 1. The van der Waals surface area contributed by atoms with Crippen molar-refractivity contribution in [1.29, 1.82) is 0 Å². The fraction of sp³-hybridized carbons (Fsp3) is 0.182. The predicted octanol–water partition coefficient (Wildman–Crippen LogP) is 5.31. The molecule has 0 aliphatic heterocycles. The van der Waals surface area contributed by atoms with Crippen molar-refractivity contribution in [2.75, 3.05) is 6.54 Å². The maximum Gasteiger partial charge on any atom is 0.435 e. The number of aromatic amines is 1. The first-order valence-corrected chi connectivity index (χ1v) is 9.89. The van der Waals surface area contributed by atoms with Crippen molar-refractivity contribution in [2.24, 2.45) is 0 Å². The quantitative estimate of drug-likeness (QED) is 0.436. The summed E-state index contributed by atoms with van der Waals surface area (Å²) in [5.74, 6) is -0.668. The van der Waals surface area contributed by atoms with Gasteiger partial charge in [0.15, 0.2) is 5.69 Å². The van der Waals surface area contributed by atoms with Crippen molar-refractivity contribution in [3.63, 3.8) is 0 Å². The van der Waals surface area contributed by atoms with E-state index < -0.39 is 17.8 Å². The molecule has 160 valence electrons. The second-order valence-corrected chi connectivity index (χ2v) is 7.55. The van der Waals surface area contributed by atoms with E-state index in [0.717, 1.165) is 32.8 Å². The minimum atomic E-state index is -4.69. The molecule has 0 atom stereocenters. The third-order valence-electron chi connectivity index (χ3n) is 4.92. The van der Waals surface area contributed by atoms with Gasteiger partial charge in [-0.2, -0.15) is 18.3 Å². The lowest BCUT2D eigenvalue weighted by molar-refractivity contribution is -0.141. The number of hydrogen-bond donors (Lipinski definition) is 2. The largest absolute Gasteiger partial charge is 0.435 e. The number of H-pyrrole nitrogens is 1. The highest BCUT2D eigenvalue weighted by Gasteiger charge is 2.36. The Morgan fingerprint density at radius 3 is 2.71 bits per heavy atom. The molecule has 9 heteroatoms. The fourth-order valence-corrected chi connectivity index (χ4v) is 3.60. The zero-order chi connectivity index (χ0) is 22.2. The van der Waals surface area contributed by atoms with Crippen LogP contribution >= 0.6 is 11.6 Å². The minimum absolute atomic E-state index is 0.183. The number of alkyl halides is 3. The van der Waals surface area contributed by atoms with Crippen molar-refractivity contribution in [3.05, 3.63) is 82.3 Å². The topological polar surface area (TPSA) is 62.7 Å². The number of aromatic nitrogens is 3. The Bertz CT molecular complexity index is 1260. The van der Waals surface area contributed by atoms with Gasteiger partial charge in [-0.05, 0) is 43.2 Å². The molecule has 31 heavy (non-hydrogen) atoms. The molecular formula is C22H18ClF3N4O. The summed E-state index contributed by atoms with van der Waals surface area (Å²) in [5, 5.41) is 7.50. The van der Waals surface area contributed by atoms with Crippen molar-refractivity contribution in [2.45, 2.75) is 19.5 Å². The number of carbonyl (C=O) groups is 1. The summed E-state index contributed by atoms with van der Waals surface area (Å²) in [6.07, 6.45) is -2.31. The molecule has 0 aliphatic rings. The van der Waals surface area contributed by atoms with Gasteiger partial charge >= 0.3 is 6.18 Å².